The Kier molecular flexibility index (Phi) is 13.0. The Hall–Kier alpha value is -5.13. The van der Waals surface area contributed by atoms with E-state index in [1.54, 1.807) is 6.07 Å². The first-order valence-electron chi connectivity index (χ1n) is 18.1. The van der Waals surface area contributed by atoms with E-state index < -0.39 is 28.8 Å². The highest BCUT2D eigenvalue weighted by Crippen LogP contribution is 2.43. The molecule has 0 bridgehead atoms. The monoisotopic (exact) mass is 803 g/mol. The van der Waals surface area contributed by atoms with Crippen LogP contribution in [-0.2, 0) is 19.3 Å². The highest BCUT2D eigenvalue weighted by molar-refractivity contribution is 7.90. The molecule has 0 fully saturated rings. The number of hydrogen-bond acceptors (Lipinski definition) is 11. The largest absolute Gasteiger partial charge is 0.478 e. The van der Waals surface area contributed by atoms with Crippen LogP contribution in [0.5, 0.6) is 0 Å². The summed E-state index contributed by atoms with van der Waals surface area (Å²) in [6.07, 6.45) is 7.51. The summed E-state index contributed by atoms with van der Waals surface area (Å²) in [6.45, 7) is 5.99. The molecule has 14 nitrogen and oxygen atoms in total. The third kappa shape index (κ3) is 9.28. The van der Waals surface area contributed by atoms with Gasteiger partial charge in [-0.05, 0) is 89.2 Å². The van der Waals surface area contributed by atoms with Crippen LogP contribution in [0.15, 0.2) is 88.5 Å². The Labute approximate surface area is 328 Å². The van der Waals surface area contributed by atoms with Gasteiger partial charge in [0.05, 0.1) is 41.8 Å². The molecule has 0 aromatic heterocycles. The third-order valence-electron chi connectivity index (χ3n) is 9.93. The molecule has 3 aromatic rings. The molecule has 0 spiro atoms. The molecule has 5 rings (SSSR count). The second kappa shape index (κ2) is 17.3. The topological polar surface area (TPSA) is 181 Å². The Bertz CT molecular complexity index is 2230. The minimum Gasteiger partial charge on any atom is -0.478 e. The molecular weight excluding hydrogens is 755 g/mol. The molecule has 16 heteroatoms. The Morgan fingerprint density at radius 2 is 1.62 bits per heavy atom. The second-order valence-corrected chi connectivity index (χ2v) is 21.0. The smallest absolute Gasteiger partial charge is 0.336 e. The number of nitro benzene ring substituents is 1. The first-order chi connectivity index (χ1) is 26.4. The molecule has 1 heterocycles. The summed E-state index contributed by atoms with van der Waals surface area (Å²) in [7, 11) is 2.23. The van der Waals surface area contributed by atoms with Crippen LogP contribution < -0.4 is 20.7 Å². The maximum atomic E-state index is 13.4. The Morgan fingerprint density at radius 1 is 0.929 bits per heavy atom. The van der Waals surface area contributed by atoms with Crippen LogP contribution in [0, 0.1) is 10.1 Å². The summed E-state index contributed by atoms with van der Waals surface area (Å²) >= 11 is 0. The van der Waals surface area contributed by atoms with Gasteiger partial charge in [-0.25, -0.2) is 13.2 Å². The van der Waals surface area contributed by atoms with E-state index in [-0.39, 0.29) is 73.3 Å². The molecule has 1 aliphatic carbocycles. The van der Waals surface area contributed by atoms with Crippen molar-refractivity contribution in [1.82, 2.24) is 10.2 Å². The number of fused-ring (bicyclic) bond motifs is 2. The van der Waals surface area contributed by atoms with Gasteiger partial charge in [-0.1, -0.05) is 37.4 Å². The minimum absolute atomic E-state index is 0.0914. The number of carbonyl (C=O) groups excluding carboxylic acids is 1. The van der Waals surface area contributed by atoms with Gasteiger partial charge >= 0.3 is 5.97 Å². The van der Waals surface area contributed by atoms with Crippen molar-refractivity contribution in [3.63, 3.8) is 0 Å². The van der Waals surface area contributed by atoms with Gasteiger partial charge in [0.2, 0.25) is 0 Å². The summed E-state index contributed by atoms with van der Waals surface area (Å²) in [6, 6.07) is 14.8. The van der Waals surface area contributed by atoms with Crippen molar-refractivity contribution >= 4 is 57.6 Å². The van der Waals surface area contributed by atoms with Crippen LogP contribution in [-0.4, -0.2) is 123 Å². The summed E-state index contributed by atoms with van der Waals surface area (Å²) in [4.78, 5) is 41.0. The van der Waals surface area contributed by atoms with Crippen LogP contribution in [0.1, 0.15) is 31.8 Å². The highest BCUT2D eigenvalue weighted by Gasteiger charge is 2.41. The first kappa shape index (κ1) is 42.0. The van der Waals surface area contributed by atoms with E-state index in [2.05, 4.69) is 63.9 Å². The van der Waals surface area contributed by atoms with Crippen molar-refractivity contribution in [2.24, 2.45) is 0 Å². The zero-order valence-corrected chi connectivity index (χ0v) is 34.5. The highest BCUT2D eigenvalue weighted by atomic mass is 32.2. The number of ether oxygens (including phenoxy) is 2. The van der Waals surface area contributed by atoms with Crippen molar-refractivity contribution in [2.45, 2.75) is 24.0 Å². The molecule has 1 amide bonds. The summed E-state index contributed by atoms with van der Waals surface area (Å²) in [5, 5.41) is 30.0. The lowest BCUT2D eigenvalue weighted by Crippen LogP contribution is -2.50. The van der Waals surface area contributed by atoms with Crippen LogP contribution in [0.3, 0.4) is 0 Å². The standard InChI is InChI=1S/C40H49N5O9SSi/c1-43(2)27-9-13-31-36(23-27)56(6,7)37-24-28(44(3)4)10-14-32(37)38(31)33-22-26(8-12-30(33)40(47)48)39(46)42-17-19-54-21-20-53-18-16-41-34-15-11-29(55(5,51)52)25-35(34)45(49)50/h8-15,22-25,27,41H,16-21H2,1-7H3,(H,42,46)(H,47,48). The lowest BCUT2D eigenvalue weighted by molar-refractivity contribution is -0.384. The average molecular weight is 804 g/mol. The number of allylic oxidation sites excluding steroid dienone is 3. The molecule has 298 valence electrons. The molecule has 2 aliphatic rings. The van der Waals surface area contributed by atoms with Crippen LogP contribution in [0.2, 0.25) is 13.1 Å². The van der Waals surface area contributed by atoms with Crippen molar-refractivity contribution < 1.29 is 37.5 Å². The predicted molar refractivity (Wildman–Crippen MR) is 221 cm³/mol. The lowest BCUT2D eigenvalue weighted by atomic mass is 9.86. The van der Waals surface area contributed by atoms with Gasteiger partial charge in [-0.15, -0.1) is 0 Å². The molecule has 0 saturated heterocycles. The van der Waals surface area contributed by atoms with Crippen LogP contribution in [0.25, 0.3) is 5.57 Å². The quantitative estimate of drug-likeness (QED) is 0.0762. The number of sulfone groups is 1. The second-order valence-electron chi connectivity index (χ2n) is 14.6. The molecule has 1 unspecified atom stereocenters. The number of benzene rings is 3. The molecule has 56 heavy (non-hydrogen) atoms. The maximum Gasteiger partial charge on any atom is 0.336 e. The molecule has 0 saturated carbocycles. The van der Waals surface area contributed by atoms with E-state index in [9.17, 15) is 33.2 Å². The Balaban J connectivity index is 1.23. The Morgan fingerprint density at radius 3 is 2.25 bits per heavy atom. The van der Waals surface area contributed by atoms with Gasteiger partial charge < -0.3 is 30.1 Å². The molecule has 0 radical (unpaired) electrons. The third-order valence-corrected chi connectivity index (χ3v) is 14.6. The number of likely N-dealkylation sites (N-methyl/N-ethyl adjacent to an activating group) is 1. The number of nitro groups is 1. The van der Waals surface area contributed by atoms with Crippen LogP contribution >= 0.6 is 0 Å². The zero-order valence-electron chi connectivity index (χ0n) is 32.7. The number of hydrogen-bond donors (Lipinski definition) is 3. The molecule has 3 aromatic carbocycles. The number of anilines is 2. The number of aromatic carboxylic acids is 1. The van der Waals surface area contributed by atoms with E-state index in [4.69, 9.17) is 9.47 Å². The fourth-order valence-electron chi connectivity index (χ4n) is 6.85. The lowest BCUT2D eigenvalue weighted by Gasteiger charge is -2.40. The van der Waals surface area contributed by atoms with Crippen molar-refractivity contribution in [3.05, 3.63) is 116 Å². The van der Waals surface area contributed by atoms with Crippen molar-refractivity contribution in [1.29, 1.82) is 0 Å². The normalized spacial score (nSPS) is 15.9. The fraction of sp³-hybridized carbons (Fsp3) is 0.350. The predicted octanol–water partition coefficient (Wildman–Crippen LogP) is 4.33. The number of nitrogens with one attached hydrogen (secondary N) is 2. The van der Waals surface area contributed by atoms with Gasteiger partial charge in [0, 0.05) is 56.8 Å². The first-order valence-corrected chi connectivity index (χ1v) is 23.0. The number of carbonyl (C=O) groups is 2. The van der Waals surface area contributed by atoms with Crippen molar-refractivity contribution in [2.75, 3.05) is 84.2 Å². The summed E-state index contributed by atoms with van der Waals surface area (Å²) in [5.41, 5.74) is 4.56. The number of amides is 1. The van der Waals surface area contributed by atoms with Gasteiger partial charge in [-0.3, -0.25) is 19.8 Å². The molecule has 3 N–H and O–H groups in total. The van der Waals surface area contributed by atoms with E-state index >= 15 is 0 Å². The molecular formula is C40H49N5O9SSi. The number of nitrogens with zero attached hydrogens (tertiary/aromatic N) is 3. The zero-order chi connectivity index (χ0) is 40.9. The fourth-order valence-corrected chi connectivity index (χ4v) is 10.6. The minimum atomic E-state index is -3.59. The van der Waals surface area contributed by atoms with Gasteiger partial charge in [-0.2, -0.15) is 0 Å². The van der Waals surface area contributed by atoms with Crippen molar-refractivity contribution in [3.8, 4) is 0 Å². The number of rotatable bonds is 17. The van der Waals surface area contributed by atoms with Gasteiger partial charge in [0.1, 0.15) is 13.8 Å². The van der Waals surface area contributed by atoms with E-state index in [1.807, 2.05) is 34.3 Å². The van der Waals surface area contributed by atoms with Gasteiger partial charge in [0.25, 0.3) is 11.6 Å². The summed E-state index contributed by atoms with van der Waals surface area (Å²) in [5.74, 6) is -1.45. The van der Waals surface area contributed by atoms with Gasteiger partial charge in [0.15, 0.2) is 9.84 Å². The summed E-state index contributed by atoms with van der Waals surface area (Å²) < 4.78 is 34.7. The van der Waals surface area contributed by atoms with Crippen LogP contribution in [0.4, 0.5) is 17.1 Å². The SMILES string of the molecule is CN(C)c1ccc2c(c1)[Si](C)(C)C1=CC(N(C)C)C=CC1=C2c1cc(C(=O)NCCOCCOCCNc2ccc(S(C)(=O)=O)cc2[N+](=O)[O-])ccc1C(=O)O. The van der Waals surface area contributed by atoms with E-state index in [0.29, 0.717) is 11.1 Å². The molecule has 1 atom stereocenters. The average Bonchev–Trinajstić information content (AvgIpc) is 3.14. The molecule has 1 aliphatic heterocycles. The van der Waals surface area contributed by atoms with E-state index in [1.165, 1.54) is 34.6 Å². The number of carboxylic acids is 1. The maximum absolute atomic E-state index is 13.4. The van der Waals surface area contributed by atoms with E-state index in [0.717, 1.165) is 34.7 Å². The number of carboxylic acid groups (broad SMARTS) is 1.